The summed E-state index contributed by atoms with van der Waals surface area (Å²) >= 11 is 0. The summed E-state index contributed by atoms with van der Waals surface area (Å²) in [5.74, 6) is -0.337. The molecule has 1 aromatic carbocycles. The molecule has 5 heteroatoms. The molecule has 5 nitrogen and oxygen atoms in total. The van der Waals surface area contributed by atoms with Crippen LogP contribution in [0.25, 0.3) is 0 Å². The Hall–Kier alpha value is -1.59. The second-order valence-electron chi connectivity index (χ2n) is 4.85. The lowest BCUT2D eigenvalue weighted by Crippen LogP contribution is -2.53. The zero-order valence-corrected chi connectivity index (χ0v) is 11.5. The van der Waals surface area contributed by atoms with E-state index in [1.807, 2.05) is 7.05 Å². The lowest BCUT2D eigenvalue weighted by atomic mass is 10.1. The monoisotopic (exact) mass is 263 g/mol. The van der Waals surface area contributed by atoms with E-state index in [1.165, 1.54) is 11.1 Å². The molecular weight excluding hydrogens is 242 g/mol. The van der Waals surface area contributed by atoms with Crippen molar-refractivity contribution in [3.8, 4) is 0 Å². The predicted molar refractivity (Wildman–Crippen MR) is 75.1 cm³/mol. The van der Waals surface area contributed by atoms with Crippen LogP contribution in [0.1, 0.15) is 11.1 Å². The minimum Gasteiger partial charge on any atom is -0.377 e. The first-order valence-corrected chi connectivity index (χ1v) is 6.51. The fourth-order valence-electron chi connectivity index (χ4n) is 2.45. The zero-order chi connectivity index (χ0) is 13.8. The molecule has 1 aliphatic rings. The third-order valence-corrected chi connectivity index (χ3v) is 3.37. The molecule has 0 saturated carbocycles. The summed E-state index contributed by atoms with van der Waals surface area (Å²) in [6.45, 7) is 4.50. The Labute approximate surface area is 113 Å². The summed E-state index contributed by atoms with van der Waals surface area (Å²) in [6.07, 6.45) is 0. The summed E-state index contributed by atoms with van der Waals surface area (Å²) in [4.78, 5) is 13.6. The van der Waals surface area contributed by atoms with Gasteiger partial charge in [0, 0.05) is 18.8 Å². The Bertz CT molecular complexity index is 462. The van der Waals surface area contributed by atoms with E-state index in [9.17, 15) is 4.79 Å². The van der Waals surface area contributed by atoms with Crippen LogP contribution in [0.3, 0.4) is 0 Å². The van der Waals surface area contributed by atoms with E-state index < -0.39 is 0 Å². The molecule has 3 N–H and O–H groups in total. The van der Waals surface area contributed by atoms with Crippen molar-refractivity contribution < 1.29 is 9.53 Å². The molecule has 1 atom stereocenters. The summed E-state index contributed by atoms with van der Waals surface area (Å²) < 4.78 is 5.36. The lowest BCUT2D eigenvalue weighted by Gasteiger charge is -2.36. The van der Waals surface area contributed by atoms with E-state index >= 15 is 0 Å². The maximum absolute atomic E-state index is 11.6. The van der Waals surface area contributed by atoms with Crippen LogP contribution in [0.5, 0.6) is 0 Å². The third-order valence-electron chi connectivity index (χ3n) is 3.37. The van der Waals surface area contributed by atoms with Gasteiger partial charge in [0.2, 0.25) is 5.91 Å². The Morgan fingerprint density at radius 3 is 3.05 bits per heavy atom. The standard InChI is InChI=1S/C14H21N3O2/c1-10-3-4-12(11(7-10)8-16-2)17-5-6-19-9-13(17)14(15)18/h3-4,7,13,16H,5-6,8-9H2,1-2H3,(H2,15,18). The minimum absolute atomic E-state index is 0.337. The molecular formula is C14H21N3O2. The van der Waals surface area contributed by atoms with Crippen LogP contribution >= 0.6 is 0 Å². The fraction of sp³-hybridized carbons (Fsp3) is 0.500. The molecule has 2 rings (SSSR count). The van der Waals surface area contributed by atoms with Crippen LogP contribution in [-0.2, 0) is 16.1 Å². The number of nitrogens with zero attached hydrogens (tertiary/aromatic N) is 1. The second-order valence-corrected chi connectivity index (χ2v) is 4.85. The van der Waals surface area contributed by atoms with Gasteiger partial charge in [-0.25, -0.2) is 0 Å². The highest BCUT2D eigenvalue weighted by molar-refractivity contribution is 5.84. The number of anilines is 1. The highest BCUT2D eigenvalue weighted by Gasteiger charge is 2.29. The maximum Gasteiger partial charge on any atom is 0.242 e. The molecule has 19 heavy (non-hydrogen) atoms. The highest BCUT2D eigenvalue weighted by Crippen LogP contribution is 2.25. The first-order chi connectivity index (χ1) is 9.13. The minimum atomic E-state index is -0.382. The number of hydrogen-bond acceptors (Lipinski definition) is 4. The number of primary amides is 1. The van der Waals surface area contributed by atoms with E-state index in [0.29, 0.717) is 19.8 Å². The molecule has 1 heterocycles. The SMILES string of the molecule is CNCc1cc(C)ccc1N1CCOCC1C(N)=O. The summed E-state index contributed by atoms with van der Waals surface area (Å²) in [6, 6.07) is 5.87. The average Bonchev–Trinajstić information content (AvgIpc) is 2.39. The molecule has 1 fully saturated rings. The molecule has 1 amide bonds. The third kappa shape index (κ3) is 3.05. The van der Waals surface area contributed by atoms with Crippen LogP contribution < -0.4 is 16.0 Å². The van der Waals surface area contributed by atoms with Crippen molar-refractivity contribution in [2.45, 2.75) is 19.5 Å². The van der Waals surface area contributed by atoms with Gasteiger partial charge in [0.1, 0.15) is 6.04 Å². The number of carbonyl (C=O) groups is 1. The van der Waals surface area contributed by atoms with Gasteiger partial charge < -0.3 is 20.7 Å². The summed E-state index contributed by atoms with van der Waals surface area (Å²) in [5.41, 5.74) is 8.92. The second kappa shape index (κ2) is 6.04. The lowest BCUT2D eigenvalue weighted by molar-refractivity contribution is -0.121. The van der Waals surface area contributed by atoms with Crippen LogP contribution in [0, 0.1) is 6.92 Å². The Balaban J connectivity index is 2.35. The number of morpholine rings is 1. The van der Waals surface area contributed by atoms with E-state index in [0.717, 1.165) is 12.2 Å². The van der Waals surface area contributed by atoms with Gasteiger partial charge in [0.25, 0.3) is 0 Å². The molecule has 0 bridgehead atoms. The number of ether oxygens (including phenoxy) is 1. The van der Waals surface area contributed by atoms with E-state index in [2.05, 4.69) is 35.3 Å². The molecule has 1 aliphatic heterocycles. The number of carbonyl (C=O) groups excluding carboxylic acids is 1. The number of amides is 1. The molecule has 0 aliphatic carbocycles. The smallest absolute Gasteiger partial charge is 0.242 e. The maximum atomic E-state index is 11.6. The summed E-state index contributed by atoms with van der Waals surface area (Å²) in [5, 5.41) is 3.16. The van der Waals surface area contributed by atoms with Crippen molar-refractivity contribution >= 4 is 11.6 Å². The molecule has 0 aromatic heterocycles. The molecule has 1 aromatic rings. The number of nitrogens with one attached hydrogen (secondary N) is 1. The molecule has 1 saturated heterocycles. The van der Waals surface area contributed by atoms with Crippen LogP contribution in [0.2, 0.25) is 0 Å². The quantitative estimate of drug-likeness (QED) is 0.825. The van der Waals surface area contributed by atoms with Gasteiger partial charge in [-0.2, -0.15) is 0 Å². The molecule has 1 unspecified atom stereocenters. The first kappa shape index (κ1) is 13.8. The van der Waals surface area contributed by atoms with Gasteiger partial charge in [0.05, 0.1) is 13.2 Å². The number of aryl methyl sites for hydroxylation is 1. The van der Waals surface area contributed by atoms with Gasteiger partial charge in [-0.3, -0.25) is 4.79 Å². The molecule has 0 spiro atoms. The summed E-state index contributed by atoms with van der Waals surface area (Å²) in [7, 11) is 1.91. The predicted octanol–water partition coefficient (Wildman–Crippen LogP) is 0.405. The average molecular weight is 263 g/mol. The van der Waals surface area contributed by atoms with Crippen molar-refractivity contribution in [1.82, 2.24) is 5.32 Å². The van der Waals surface area contributed by atoms with Crippen molar-refractivity contribution in [3.05, 3.63) is 29.3 Å². The number of rotatable bonds is 4. The van der Waals surface area contributed by atoms with Gasteiger partial charge in [-0.05, 0) is 25.6 Å². The van der Waals surface area contributed by atoms with Crippen LogP contribution in [-0.4, -0.2) is 38.8 Å². The van der Waals surface area contributed by atoms with Crippen molar-refractivity contribution in [2.24, 2.45) is 5.73 Å². The largest absolute Gasteiger partial charge is 0.377 e. The number of nitrogens with two attached hydrogens (primary N) is 1. The Morgan fingerprint density at radius 1 is 1.58 bits per heavy atom. The normalized spacial score (nSPS) is 19.5. The fourth-order valence-corrected chi connectivity index (χ4v) is 2.45. The van der Waals surface area contributed by atoms with Gasteiger partial charge >= 0.3 is 0 Å². The van der Waals surface area contributed by atoms with Gasteiger partial charge in [-0.1, -0.05) is 17.7 Å². The van der Waals surface area contributed by atoms with Gasteiger partial charge in [0.15, 0.2) is 0 Å². The van der Waals surface area contributed by atoms with E-state index in [-0.39, 0.29) is 11.9 Å². The van der Waals surface area contributed by atoms with Crippen LogP contribution in [0.15, 0.2) is 18.2 Å². The number of benzene rings is 1. The topological polar surface area (TPSA) is 67.6 Å². The van der Waals surface area contributed by atoms with Crippen molar-refractivity contribution in [3.63, 3.8) is 0 Å². The molecule has 0 radical (unpaired) electrons. The van der Waals surface area contributed by atoms with Gasteiger partial charge in [-0.15, -0.1) is 0 Å². The first-order valence-electron chi connectivity index (χ1n) is 6.51. The van der Waals surface area contributed by atoms with E-state index in [4.69, 9.17) is 10.5 Å². The Morgan fingerprint density at radius 2 is 2.37 bits per heavy atom. The molecule has 104 valence electrons. The highest BCUT2D eigenvalue weighted by atomic mass is 16.5. The zero-order valence-electron chi connectivity index (χ0n) is 11.5. The van der Waals surface area contributed by atoms with Crippen LogP contribution in [0.4, 0.5) is 5.69 Å². The number of hydrogen-bond donors (Lipinski definition) is 2. The van der Waals surface area contributed by atoms with Crippen molar-refractivity contribution in [1.29, 1.82) is 0 Å². The Kier molecular flexibility index (Phi) is 4.39. The van der Waals surface area contributed by atoms with Crippen molar-refractivity contribution in [2.75, 3.05) is 31.7 Å². The van der Waals surface area contributed by atoms with E-state index in [1.54, 1.807) is 0 Å².